The minimum atomic E-state index is -0.771. The van der Waals surface area contributed by atoms with Gasteiger partial charge < -0.3 is 15.3 Å². The van der Waals surface area contributed by atoms with E-state index < -0.39 is 11.5 Å². The van der Waals surface area contributed by atoms with Gasteiger partial charge in [-0.25, -0.2) is 0 Å². The summed E-state index contributed by atoms with van der Waals surface area (Å²) in [5.74, 6) is 0.160. The standard InChI is InChI=1S/C16H32N2O2/c1-4-14-8-6-11-18(13-9-14)12-7-10-16(3,15(19)20)17-5-2/h14,17H,4-13H2,1-3H3,(H,19,20). The number of hydrogen-bond donors (Lipinski definition) is 2. The van der Waals surface area contributed by atoms with Crippen LogP contribution in [0.5, 0.6) is 0 Å². The predicted octanol–water partition coefficient (Wildman–Crippen LogP) is 2.73. The van der Waals surface area contributed by atoms with Crippen LogP contribution in [0.3, 0.4) is 0 Å². The Bertz CT molecular complexity index is 296. The molecule has 1 rings (SSSR count). The maximum absolute atomic E-state index is 11.4. The van der Waals surface area contributed by atoms with E-state index >= 15 is 0 Å². The van der Waals surface area contributed by atoms with E-state index in [2.05, 4.69) is 17.1 Å². The molecule has 0 aromatic carbocycles. The molecule has 0 amide bonds. The van der Waals surface area contributed by atoms with Gasteiger partial charge in [-0.1, -0.05) is 20.3 Å². The molecule has 1 fully saturated rings. The van der Waals surface area contributed by atoms with Crippen LogP contribution in [0.15, 0.2) is 0 Å². The Hall–Kier alpha value is -0.610. The van der Waals surface area contributed by atoms with Crippen molar-refractivity contribution in [1.29, 1.82) is 0 Å². The number of likely N-dealkylation sites (tertiary alicyclic amines) is 1. The number of nitrogens with zero attached hydrogens (tertiary/aromatic N) is 1. The highest BCUT2D eigenvalue weighted by atomic mass is 16.4. The highest BCUT2D eigenvalue weighted by molar-refractivity contribution is 5.78. The van der Waals surface area contributed by atoms with Crippen molar-refractivity contribution >= 4 is 5.97 Å². The molecule has 1 saturated heterocycles. The van der Waals surface area contributed by atoms with Crippen LogP contribution in [-0.4, -0.2) is 47.7 Å². The summed E-state index contributed by atoms with van der Waals surface area (Å²) < 4.78 is 0. The molecule has 1 aliphatic rings. The Morgan fingerprint density at radius 2 is 2.10 bits per heavy atom. The fourth-order valence-electron chi connectivity index (χ4n) is 3.17. The van der Waals surface area contributed by atoms with E-state index in [-0.39, 0.29) is 0 Å². The molecule has 2 N–H and O–H groups in total. The lowest BCUT2D eigenvalue weighted by molar-refractivity contribution is -0.144. The van der Waals surface area contributed by atoms with E-state index in [4.69, 9.17) is 0 Å². The smallest absolute Gasteiger partial charge is 0.323 e. The van der Waals surface area contributed by atoms with E-state index in [0.717, 1.165) is 18.9 Å². The normalized spacial score (nSPS) is 24.1. The summed E-state index contributed by atoms with van der Waals surface area (Å²) in [6.07, 6.45) is 6.90. The minimum absolute atomic E-state index is 0.698. The molecule has 2 atom stereocenters. The van der Waals surface area contributed by atoms with Gasteiger partial charge in [0.05, 0.1) is 0 Å². The maximum Gasteiger partial charge on any atom is 0.323 e. The second-order valence-corrected chi connectivity index (χ2v) is 6.32. The van der Waals surface area contributed by atoms with E-state index in [9.17, 15) is 9.90 Å². The van der Waals surface area contributed by atoms with E-state index in [1.165, 1.54) is 38.8 Å². The topological polar surface area (TPSA) is 52.6 Å². The van der Waals surface area contributed by atoms with Crippen molar-refractivity contribution in [3.8, 4) is 0 Å². The van der Waals surface area contributed by atoms with Crippen LogP contribution >= 0.6 is 0 Å². The second-order valence-electron chi connectivity index (χ2n) is 6.32. The summed E-state index contributed by atoms with van der Waals surface area (Å²) in [7, 11) is 0. The molecule has 4 nitrogen and oxygen atoms in total. The van der Waals surface area contributed by atoms with Crippen molar-refractivity contribution in [3.05, 3.63) is 0 Å². The largest absolute Gasteiger partial charge is 0.480 e. The number of carboxylic acids is 1. The lowest BCUT2D eigenvalue weighted by atomic mass is 9.95. The van der Waals surface area contributed by atoms with Gasteiger partial charge in [-0.2, -0.15) is 0 Å². The van der Waals surface area contributed by atoms with Crippen molar-refractivity contribution in [2.75, 3.05) is 26.2 Å². The zero-order valence-electron chi connectivity index (χ0n) is 13.5. The van der Waals surface area contributed by atoms with Crippen molar-refractivity contribution in [2.45, 2.75) is 64.8 Å². The predicted molar refractivity (Wildman–Crippen MR) is 83.0 cm³/mol. The first-order chi connectivity index (χ1) is 9.51. The van der Waals surface area contributed by atoms with Gasteiger partial charge in [0.1, 0.15) is 5.54 Å². The van der Waals surface area contributed by atoms with E-state index in [1.807, 2.05) is 6.92 Å². The van der Waals surface area contributed by atoms with Gasteiger partial charge in [0.25, 0.3) is 0 Å². The van der Waals surface area contributed by atoms with Gasteiger partial charge in [-0.15, -0.1) is 0 Å². The van der Waals surface area contributed by atoms with Crippen LogP contribution in [0.2, 0.25) is 0 Å². The summed E-state index contributed by atoms with van der Waals surface area (Å²) in [4.78, 5) is 13.9. The number of hydrogen-bond acceptors (Lipinski definition) is 3. The Morgan fingerprint density at radius 3 is 2.70 bits per heavy atom. The van der Waals surface area contributed by atoms with Crippen LogP contribution in [0.4, 0.5) is 0 Å². The lowest BCUT2D eigenvalue weighted by Gasteiger charge is -2.27. The summed E-state index contributed by atoms with van der Waals surface area (Å²) >= 11 is 0. The van der Waals surface area contributed by atoms with Crippen LogP contribution in [-0.2, 0) is 4.79 Å². The van der Waals surface area contributed by atoms with Crippen LogP contribution in [0.1, 0.15) is 59.3 Å². The van der Waals surface area contributed by atoms with Gasteiger partial charge in [0.15, 0.2) is 0 Å². The van der Waals surface area contributed by atoms with E-state index in [0.29, 0.717) is 13.0 Å². The number of rotatable bonds is 8. The molecule has 0 bridgehead atoms. The quantitative estimate of drug-likeness (QED) is 0.719. The molecule has 1 aliphatic heterocycles. The first-order valence-corrected chi connectivity index (χ1v) is 8.22. The lowest BCUT2D eigenvalue weighted by Crippen LogP contribution is -2.49. The zero-order chi connectivity index (χ0) is 15.0. The molecule has 0 aliphatic carbocycles. The fraction of sp³-hybridized carbons (Fsp3) is 0.938. The molecule has 0 radical (unpaired) electrons. The molecule has 0 saturated carbocycles. The fourth-order valence-corrected chi connectivity index (χ4v) is 3.17. The van der Waals surface area contributed by atoms with Crippen molar-refractivity contribution < 1.29 is 9.90 Å². The van der Waals surface area contributed by atoms with Gasteiger partial charge in [0, 0.05) is 0 Å². The molecule has 118 valence electrons. The second kappa shape index (κ2) is 8.63. The number of carboxylic acid groups (broad SMARTS) is 1. The van der Waals surface area contributed by atoms with Gasteiger partial charge in [-0.3, -0.25) is 4.79 Å². The Morgan fingerprint density at radius 1 is 1.35 bits per heavy atom. The third kappa shape index (κ3) is 5.41. The van der Waals surface area contributed by atoms with Crippen molar-refractivity contribution in [3.63, 3.8) is 0 Å². The first-order valence-electron chi connectivity index (χ1n) is 8.22. The van der Waals surface area contributed by atoms with Gasteiger partial charge in [0.2, 0.25) is 0 Å². The van der Waals surface area contributed by atoms with Crippen molar-refractivity contribution in [2.24, 2.45) is 5.92 Å². The first kappa shape index (κ1) is 17.4. The summed E-state index contributed by atoms with van der Waals surface area (Å²) in [6, 6.07) is 0. The molecule has 0 aromatic heterocycles. The summed E-state index contributed by atoms with van der Waals surface area (Å²) in [5.41, 5.74) is -0.771. The minimum Gasteiger partial charge on any atom is -0.480 e. The molecule has 0 aromatic rings. The molecule has 20 heavy (non-hydrogen) atoms. The molecule has 1 heterocycles. The zero-order valence-corrected chi connectivity index (χ0v) is 13.5. The highest BCUT2D eigenvalue weighted by Gasteiger charge is 2.31. The highest BCUT2D eigenvalue weighted by Crippen LogP contribution is 2.21. The number of aliphatic carboxylic acids is 1. The average Bonchev–Trinajstić information content (AvgIpc) is 2.64. The molecule has 0 spiro atoms. The number of likely N-dealkylation sites (N-methyl/N-ethyl adjacent to an activating group) is 1. The summed E-state index contributed by atoms with van der Waals surface area (Å²) in [5, 5.41) is 12.4. The Kier molecular flexibility index (Phi) is 7.52. The molecular formula is C16H32N2O2. The Balaban J connectivity index is 2.33. The Labute approximate surface area is 123 Å². The van der Waals surface area contributed by atoms with Crippen LogP contribution in [0, 0.1) is 5.92 Å². The maximum atomic E-state index is 11.4. The third-order valence-corrected chi connectivity index (χ3v) is 4.71. The van der Waals surface area contributed by atoms with Crippen LogP contribution < -0.4 is 5.32 Å². The van der Waals surface area contributed by atoms with Crippen LogP contribution in [0.25, 0.3) is 0 Å². The van der Waals surface area contributed by atoms with Gasteiger partial charge in [-0.05, 0) is 71.1 Å². The molecule has 4 heteroatoms. The third-order valence-electron chi connectivity index (χ3n) is 4.71. The average molecular weight is 284 g/mol. The molecule has 2 unspecified atom stereocenters. The number of carbonyl (C=O) groups is 1. The SMILES string of the molecule is CCNC(C)(CCCN1CCCC(CC)CC1)C(=O)O. The molecular weight excluding hydrogens is 252 g/mol. The number of nitrogens with one attached hydrogen (secondary N) is 1. The van der Waals surface area contributed by atoms with Gasteiger partial charge >= 0.3 is 5.97 Å². The monoisotopic (exact) mass is 284 g/mol. The van der Waals surface area contributed by atoms with Crippen molar-refractivity contribution in [1.82, 2.24) is 10.2 Å². The van der Waals surface area contributed by atoms with E-state index in [1.54, 1.807) is 6.92 Å². The summed E-state index contributed by atoms with van der Waals surface area (Å²) in [6.45, 7) is 10.1.